The third-order valence-corrected chi connectivity index (χ3v) is 4.12. The van der Waals surface area contributed by atoms with E-state index in [0.717, 1.165) is 6.26 Å². The molecule has 27 heavy (non-hydrogen) atoms. The van der Waals surface area contributed by atoms with Crippen LogP contribution in [-0.4, -0.2) is 67.5 Å². The first-order valence-corrected chi connectivity index (χ1v) is 10.3. The van der Waals surface area contributed by atoms with Crippen molar-refractivity contribution in [3.05, 3.63) is 6.20 Å². The zero-order valence-electron chi connectivity index (χ0n) is 16.2. The maximum absolute atomic E-state index is 12.1. The average Bonchev–Trinajstić information content (AvgIpc) is 2.54. The Morgan fingerprint density at radius 2 is 1.93 bits per heavy atom. The normalized spacial score (nSPS) is 16.0. The van der Waals surface area contributed by atoms with Gasteiger partial charge in [0.05, 0.1) is 19.6 Å². The summed E-state index contributed by atoms with van der Waals surface area (Å²) in [6.45, 7) is 6.61. The predicted octanol–water partition coefficient (Wildman–Crippen LogP) is 1.64. The van der Waals surface area contributed by atoms with Gasteiger partial charge in [0.2, 0.25) is 11.7 Å². The van der Waals surface area contributed by atoms with Gasteiger partial charge in [-0.25, -0.2) is 9.78 Å². The molecule has 1 amide bonds. The summed E-state index contributed by atoms with van der Waals surface area (Å²) < 4.78 is 37.7. The lowest BCUT2D eigenvalue weighted by Crippen LogP contribution is -2.44. The van der Waals surface area contributed by atoms with Crippen LogP contribution in [0.4, 0.5) is 10.7 Å². The van der Waals surface area contributed by atoms with Gasteiger partial charge in [-0.3, -0.25) is 0 Å². The third-order valence-electron chi connectivity index (χ3n) is 3.64. The van der Waals surface area contributed by atoms with Gasteiger partial charge >= 0.3 is 16.2 Å². The van der Waals surface area contributed by atoms with Gasteiger partial charge in [0.25, 0.3) is 5.88 Å². The van der Waals surface area contributed by atoms with Crippen molar-refractivity contribution in [3.8, 4) is 11.6 Å². The van der Waals surface area contributed by atoms with Crippen molar-refractivity contribution >= 4 is 22.2 Å². The van der Waals surface area contributed by atoms with Gasteiger partial charge in [0.1, 0.15) is 5.60 Å². The lowest BCUT2D eigenvalue weighted by Gasteiger charge is -2.33. The Morgan fingerprint density at radius 3 is 2.44 bits per heavy atom. The van der Waals surface area contributed by atoms with Crippen molar-refractivity contribution in [3.63, 3.8) is 0 Å². The second-order valence-corrected chi connectivity index (χ2v) is 8.82. The summed E-state index contributed by atoms with van der Waals surface area (Å²) in [6, 6.07) is 0.0649. The van der Waals surface area contributed by atoms with E-state index in [1.807, 2.05) is 20.8 Å². The topological polar surface area (TPSA) is 120 Å². The zero-order valence-corrected chi connectivity index (χ0v) is 17.0. The molecule has 2 heterocycles. The smallest absolute Gasteiger partial charge is 0.410 e. The van der Waals surface area contributed by atoms with E-state index in [9.17, 15) is 13.2 Å². The molecule has 0 radical (unpaired) electrons. The number of amides is 1. The molecule has 1 aromatic heterocycles. The first kappa shape index (κ1) is 21.0. The maximum Gasteiger partial charge on any atom is 0.410 e. The van der Waals surface area contributed by atoms with Crippen molar-refractivity contribution < 1.29 is 26.9 Å². The van der Waals surface area contributed by atoms with Crippen LogP contribution in [0, 0.1) is 0 Å². The average molecular weight is 402 g/mol. The van der Waals surface area contributed by atoms with Crippen molar-refractivity contribution in [2.24, 2.45) is 0 Å². The van der Waals surface area contributed by atoms with E-state index in [-0.39, 0.29) is 23.8 Å². The number of nitrogens with zero attached hydrogens (tertiary/aromatic N) is 3. The molecule has 0 unspecified atom stereocenters. The van der Waals surface area contributed by atoms with Gasteiger partial charge < -0.3 is 23.9 Å². The molecule has 1 fully saturated rings. The van der Waals surface area contributed by atoms with Crippen LogP contribution in [0.2, 0.25) is 0 Å². The van der Waals surface area contributed by atoms with Crippen LogP contribution < -0.4 is 14.2 Å². The van der Waals surface area contributed by atoms with Crippen molar-refractivity contribution in [1.82, 2.24) is 14.9 Å². The number of methoxy groups -OCH3 is 1. The monoisotopic (exact) mass is 402 g/mol. The number of nitrogens with one attached hydrogen (secondary N) is 1. The first-order chi connectivity index (χ1) is 12.5. The number of carbonyl (C=O) groups excluding carboxylic acids is 1. The molecule has 2 rings (SSSR count). The summed E-state index contributed by atoms with van der Waals surface area (Å²) in [5.41, 5.74) is -0.521. The van der Waals surface area contributed by atoms with Gasteiger partial charge in [-0.2, -0.15) is 13.4 Å². The zero-order chi connectivity index (χ0) is 20.2. The molecule has 1 aliphatic rings. The van der Waals surface area contributed by atoms with Gasteiger partial charge in [-0.1, -0.05) is 0 Å². The highest BCUT2D eigenvalue weighted by molar-refractivity contribution is 7.86. The van der Waals surface area contributed by atoms with E-state index in [4.69, 9.17) is 13.7 Å². The van der Waals surface area contributed by atoms with Gasteiger partial charge in [0.15, 0.2) is 0 Å². The molecule has 10 nitrogen and oxygen atoms in total. The minimum atomic E-state index is -3.71. The second-order valence-electron chi connectivity index (χ2n) is 7.24. The maximum atomic E-state index is 12.1. The minimum absolute atomic E-state index is 0.0177. The summed E-state index contributed by atoms with van der Waals surface area (Å²) in [7, 11) is -2.35. The largest absolute Gasteiger partial charge is 0.478 e. The number of hydrogen-bond acceptors (Lipinski definition) is 9. The van der Waals surface area contributed by atoms with Crippen LogP contribution in [0.5, 0.6) is 11.6 Å². The number of carbonyl (C=O) groups is 1. The molecule has 1 aliphatic heterocycles. The minimum Gasteiger partial charge on any atom is -0.478 e. The molecule has 0 aliphatic carbocycles. The molecule has 0 bridgehead atoms. The lowest BCUT2D eigenvalue weighted by atomic mass is 10.1. The van der Waals surface area contributed by atoms with Crippen molar-refractivity contribution in [1.29, 1.82) is 0 Å². The summed E-state index contributed by atoms with van der Waals surface area (Å²) in [5.74, 6) is 0.234. The number of rotatable bonds is 5. The van der Waals surface area contributed by atoms with Crippen LogP contribution in [0.3, 0.4) is 0 Å². The fourth-order valence-electron chi connectivity index (χ4n) is 2.51. The number of aromatic nitrogens is 2. The van der Waals surface area contributed by atoms with E-state index in [0.29, 0.717) is 31.9 Å². The third kappa shape index (κ3) is 6.74. The molecular weight excluding hydrogens is 376 g/mol. The Bertz CT molecular complexity index is 770. The molecule has 1 saturated heterocycles. The Labute approximate surface area is 159 Å². The molecule has 1 aromatic rings. The van der Waals surface area contributed by atoms with Gasteiger partial charge in [0, 0.05) is 19.1 Å². The fourth-order valence-corrected chi connectivity index (χ4v) is 2.95. The van der Waals surface area contributed by atoms with E-state index in [1.54, 1.807) is 4.90 Å². The SMILES string of the molecule is COc1nc(NC2CCN(C(=O)OC(C)(C)C)CC2)ncc1OS(C)(=O)=O. The Balaban J connectivity index is 1.94. The highest BCUT2D eigenvalue weighted by Gasteiger charge is 2.27. The Morgan fingerprint density at radius 1 is 1.30 bits per heavy atom. The molecule has 0 aromatic carbocycles. The quantitative estimate of drug-likeness (QED) is 0.733. The molecule has 11 heteroatoms. The number of ether oxygens (including phenoxy) is 2. The van der Waals surface area contributed by atoms with Gasteiger partial charge in [-0.15, -0.1) is 0 Å². The van der Waals surface area contributed by atoms with Gasteiger partial charge in [-0.05, 0) is 33.6 Å². The fraction of sp³-hybridized carbons (Fsp3) is 0.688. The molecule has 0 saturated carbocycles. The lowest BCUT2D eigenvalue weighted by molar-refractivity contribution is 0.0210. The van der Waals surface area contributed by atoms with Crippen molar-refractivity contribution in [2.75, 3.05) is 31.8 Å². The van der Waals surface area contributed by atoms with Crippen LogP contribution in [0.1, 0.15) is 33.6 Å². The number of piperidine rings is 1. The Hall–Kier alpha value is -2.30. The number of anilines is 1. The summed E-state index contributed by atoms with van der Waals surface area (Å²) in [5, 5.41) is 3.17. The standard InChI is InChI=1S/C16H26N4O6S/c1-16(2,3)25-15(21)20-8-6-11(7-9-20)18-14-17-10-12(13(19-14)24-4)26-27(5,22)23/h10-11H,6-9H2,1-5H3,(H,17,18,19). The van der Waals surface area contributed by atoms with E-state index < -0.39 is 15.7 Å². The van der Waals surface area contributed by atoms with Crippen LogP contribution in [0.15, 0.2) is 6.20 Å². The Kier molecular flexibility index (Phi) is 6.34. The summed E-state index contributed by atoms with van der Waals surface area (Å²) in [4.78, 5) is 22.0. The van der Waals surface area contributed by atoms with Crippen LogP contribution >= 0.6 is 0 Å². The molecule has 0 atom stereocenters. The van der Waals surface area contributed by atoms with Crippen molar-refractivity contribution in [2.45, 2.75) is 45.3 Å². The van der Waals surface area contributed by atoms with E-state index in [2.05, 4.69) is 15.3 Å². The van der Waals surface area contributed by atoms with Crippen LogP contribution in [0.25, 0.3) is 0 Å². The number of hydrogen-bond donors (Lipinski definition) is 1. The van der Waals surface area contributed by atoms with Crippen LogP contribution in [-0.2, 0) is 14.9 Å². The number of likely N-dealkylation sites (tertiary alicyclic amines) is 1. The summed E-state index contributed by atoms with van der Waals surface area (Å²) in [6.07, 6.45) is 3.25. The molecule has 152 valence electrons. The summed E-state index contributed by atoms with van der Waals surface area (Å²) >= 11 is 0. The predicted molar refractivity (Wildman–Crippen MR) is 98.5 cm³/mol. The van der Waals surface area contributed by atoms with E-state index >= 15 is 0 Å². The molecule has 1 N–H and O–H groups in total. The first-order valence-electron chi connectivity index (χ1n) is 8.52. The van der Waals surface area contributed by atoms with E-state index in [1.165, 1.54) is 13.3 Å². The molecular formula is C16H26N4O6S. The second kappa shape index (κ2) is 8.15. The highest BCUT2D eigenvalue weighted by atomic mass is 32.2. The molecule has 0 spiro atoms. The highest BCUT2D eigenvalue weighted by Crippen LogP contribution is 2.26.